The van der Waals surface area contributed by atoms with E-state index in [0.29, 0.717) is 23.9 Å². The molecule has 1 saturated heterocycles. The predicted molar refractivity (Wildman–Crippen MR) is 63.5 cm³/mol. The summed E-state index contributed by atoms with van der Waals surface area (Å²) in [5.41, 5.74) is 7.42. The van der Waals surface area contributed by atoms with Gasteiger partial charge < -0.3 is 10.6 Å². The van der Waals surface area contributed by atoms with Crippen LogP contribution in [-0.4, -0.2) is 40.3 Å². The van der Waals surface area contributed by atoms with Crippen LogP contribution < -0.4 is 5.73 Å². The molecule has 1 amide bonds. The van der Waals surface area contributed by atoms with E-state index in [-0.39, 0.29) is 18.4 Å². The van der Waals surface area contributed by atoms with Gasteiger partial charge in [0.25, 0.3) is 0 Å². The molecule has 18 heavy (non-hydrogen) atoms. The minimum Gasteiger partial charge on any atom is -0.340 e. The second kappa shape index (κ2) is 4.35. The number of carbonyl (C=O) groups is 1. The number of carbonyl (C=O) groups excluding carboxylic acids is 1. The predicted octanol–water partition coefficient (Wildman–Crippen LogP) is 0.116. The fourth-order valence-corrected chi connectivity index (χ4v) is 2.75. The minimum absolute atomic E-state index is 0.0763. The molecule has 0 aromatic carbocycles. The third-order valence-corrected chi connectivity index (χ3v) is 4.06. The Kier molecular flexibility index (Phi) is 2.81. The zero-order chi connectivity index (χ0) is 12.7. The maximum absolute atomic E-state index is 12.2. The lowest BCUT2D eigenvalue weighted by atomic mass is 9.99. The highest BCUT2D eigenvalue weighted by molar-refractivity contribution is 5.78. The van der Waals surface area contributed by atoms with E-state index in [9.17, 15) is 4.79 Å². The molecule has 2 atom stereocenters. The average Bonchev–Trinajstić information content (AvgIpc) is 3.00. The molecule has 3 rings (SSSR count). The van der Waals surface area contributed by atoms with Crippen molar-refractivity contribution in [1.82, 2.24) is 15.2 Å². The van der Waals surface area contributed by atoms with Gasteiger partial charge in [-0.15, -0.1) is 0 Å². The van der Waals surface area contributed by atoms with Gasteiger partial charge in [-0.05, 0) is 31.6 Å². The van der Waals surface area contributed by atoms with Crippen LogP contribution in [0.15, 0.2) is 4.63 Å². The van der Waals surface area contributed by atoms with Gasteiger partial charge in [0, 0.05) is 19.1 Å². The van der Waals surface area contributed by atoms with Gasteiger partial charge in [-0.2, -0.15) is 0 Å². The summed E-state index contributed by atoms with van der Waals surface area (Å²) in [6.07, 6.45) is 2.80. The van der Waals surface area contributed by atoms with Crippen molar-refractivity contribution in [2.24, 2.45) is 17.6 Å². The first kappa shape index (κ1) is 11.6. The zero-order valence-electron chi connectivity index (χ0n) is 10.5. The Hall–Kier alpha value is -1.43. The second-order valence-electron chi connectivity index (χ2n) is 5.44. The Morgan fingerprint density at radius 3 is 2.83 bits per heavy atom. The number of hydrogen-bond donors (Lipinski definition) is 1. The summed E-state index contributed by atoms with van der Waals surface area (Å²) in [4.78, 5) is 14.0. The number of nitrogens with zero attached hydrogens (tertiary/aromatic N) is 3. The van der Waals surface area contributed by atoms with Gasteiger partial charge in [-0.25, -0.2) is 4.63 Å². The Labute approximate surface area is 105 Å². The maximum Gasteiger partial charge on any atom is 0.228 e. The summed E-state index contributed by atoms with van der Waals surface area (Å²) in [7, 11) is 0. The van der Waals surface area contributed by atoms with E-state index in [1.165, 1.54) is 12.8 Å². The van der Waals surface area contributed by atoms with Gasteiger partial charge in [0.05, 0.1) is 6.42 Å². The lowest BCUT2D eigenvalue weighted by Gasteiger charge is -2.15. The van der Waals surface area contributed by atoms with Gasteiger partial charge in [0.15, 0.2) is 0 Å². The molecule has 2 heterocycles. The van der Waals surface area contributed by atoms with Crippen LogP contribution in [0.25, 0.3) is 0 Å². The number of rotatable bonds is 3. The Morgan fingerprint density at radius 1 is 1.44 bits per heavy atom. The largest absolute Gasteiger partial charge is 0.340 e. The van der Waals surface area contributed by atoms with Crippen LogP contribution in [0.4, 0.5) is 0 Å². The number of aryl methyl sites for hydroxylation is 1. The average molecular weight is 250 g/mol. The van der Waals surface area contributed by atoms with Crippen LogP contribution in [-0.2, 0) is 11.2 Å². The van der Waals surface area contributed by atoms with E-state index in [0.717, 1.165) is 12.5 Å². The Balaban J connectivity index is 1.62. The topological polar surface area (TPSA) is 85.2 Å². The molecule has 1 aliphatic heterocycles. The van der Waals surface area contributed by atoms with Crippen molar-refractivity contribution in [2.45, 2.75) is 32.2 Å². The molecule has 1 saturated carbocycles. The summed E-state index contributed by atoms with van der Waals surface area (Å²) in [6, 6.07) is 0.137. The van der Waals surface area contributed by atoms with Crippen molar-refractivity contribution in [3.8, 4) is 0 Å². The number of likely N-dealkylation sites (tertiary alicyclic amines) is 1. The van der Waals surface area contributed by atoms with Crippen molar-refractivity contribution >= 4 is 5.91 Å². The molecule has 0 radical (unpaired) electrons. The summed E-state index contributed by atoms with van der Waals surface area (Å²) < 4.78 is 4.60. The van der Waals surface area contributed by atoms with Crippen LogP contribution in [0.3, 0.4) is 0 Å². The molecule has 1 aromatic heterocycles. The molecule has 2 fully saturated rings. The van der Waals surface area contributed by atoms with Gasteiger partial charge in [0.1, 0.15) is 11.4 Å². The molecule has 1 aliphatic carbocycles. The first-order valence-electron chi connectivity index (χ1n) is 6.46. The fraction of sp³-hybridized carbons (Fsp3) is 0.750. The van der Waals surface area contributed by atoms with Crippen molar-refractivity contribution < 1.29 is 9.42 Å². The first-order chi connectivity index (χ1) is 8.65. The van der Waals surface area contributed by atoms with Gasteiger partial charge in [-0.3, -0.25) is 4.79 Å². The van der Waals surface area contributed by atoms with Crippen LogP contribution in [0, 0.1) is 18.8 Å². The molecule has 0 bridgehead atoms. The highest BCUT2D eigenvalue weighted by Crippen LogP contribution is 2.40. The maximum atomic E-state index is 12.2. The zero-order valence-corrected chi connectivity index (χ0v) is 10.5. The van der Waals surface area contributed by atoms with Gasteiger partial charge in [0.2, 0.25) is 5.91 Å². The van der Waals surface area contributed by atoms with E-state index in [2.05, 4.69) is 14.9 Å². The van der Waals surface area contributed by atoms with E-state index in [1.54, 1.807) is 6.92 Å². The standard InChI is InChI=1S/C12H18N4O2/c1-7-11(15-18-14-7)4-12(17)16-5-9(8-2-3-8)10(13)6-16/h8-10H,2-6,13H2,1H3. The van der Waals surface area contributed by atoms with Crippen molar-refractivity contribution in [2.75, 3.05) is 13.1 Å². The molecule has 2 aliphatic rings. The monoisotopic (exact) mass is 250 g/mol. The van der Waals surface area contributed by atoms with E-state index >= 15 is 0 Å². The van der Waals surface area contributed by atoms with Gasteiger partial charge in [-0.1, -0.05) is 10.3 Å². The molecule has 0 spiro atoms. The molecular formula is C12H18N4O2. The molecule has 1 aromatic rings. The fourth-order valence-electron chi connectivity index (χ4n) is 2.75. The second-order valence-corrected chi connectivity index (χ2v) is 5.44. The first-order valence-corrected chi connectivity index (χ1v) is 6.46. The molecule has 6 nitrogen and oxygen atoms in total. The highest BCUT2D eigenvalue weighted by Gasteiger charge is 2.42. The quantitative estimate of drug-likeness (QED) is 0.823. The van der Waals surface area contributed by atoms with Crippen LogP contribution in [0.1, 0.15) is 24.2 Å². The molecular weight excluding hydrogens is 232 g/mol. The summed E-state index contributed by atoms with van der Waals surface area (Å²) >= 11 is 0. The summed E-state index contributed by atoms with van der Waals surface area (Å²) in [6.45, 7) is 3.27. The van der Waals surface area contributed by atoms with Crippen LogP contribution >= 0.6 is 0 Å². The lowest BCUT2D eigenvalue weighted by molar-refractivity contribution is -0.129. The molecule has 2 N–H and O–H groups in total. The van der Waals surface area contributed by atoms with E-state index in [1.807, 2.05) is 4.90 Å². The summed E-state index contributed by atoms with van der Waals surface area (Å²) in [5, 5.41) is 7.43. The highest BCUT2D eigenvalue weighted by atomic mass is 16.6. The third-order valence-electron chi connectivity index (χ3n) is 4.06. The smallest absolute Gasteiger partial charge is 0.228 e. The minimum atomic E-state index is 0.0763. The number of aromatic nitrogens is 2. The van der Waals surface area contributed by atoms with Crippen molar-refractivity contribution in [3.05, 3.63) is 11.4 Å². The number of hydrogen-bond acceptors (Lipinski definition) is 5. The SMILES string of the molecule is Cc1nonc1CC(=O)N1CC(N)C(C2CC2)C1. The molecule has 98 valence electrons. The van der Waals surface area contributed by atoms with E-state index < -0.39 is 0 Å². The van der Waals surface area contributed by atoms with Gasteiger partial charge >= 0.3 is 0 Å². The third kappa shape index (κ3) is 2.12. The lowest BCUT2D eigenvalue weighted by Crippen LogP contribution is -2.33. The van der Waals surface area contributed by atoms with Crippen LogP contribution in [0.5, 0.6) is 0 Å². The summed E-state index contributed by atoms with van der Waals surface area (Å²) in [5.74, 6) is 1.31. The van der Waals surface area contributed by atoms with E-state index in [4.69, 9.17) is 5.73 Å². The molecule has 2 unspecified atom stereocenters. The van der Waals surface area contributed by atoms with Crippen LogP contribution in [0.2, 0.25) is 0 Å². The Bertz CT molecular complexity index is 455. The van der Waals surface area contributed by atoms with Crippen molar-refractivity contribution in [3.63, 3.8) is 0 Å². The Morgan fingerprint density at radius 2 is 2.22 bits per heavy atom. The molecule has 6 heteroatoms. The number of nitrogens with two attached hydrogens (primary N) is 1. The number of amides is 1. The van der Waals surface area contributed by atoms with Crippen molar-refractivity contribution in [1.29, 1.82) is 0 Å². The normalized spacial score (nSPS) is 27.8.